The first-order chi connectivity index (χ1) is 12.6. The summed E-state index contributed by atoms with van der Waals surface area (Å²) in [4.78, 5) is 17.2. The topological polar surface area (TPSA) is 60.5 Å². The Bertz CT molecular complexity index is 990. The smallest absolute Gasteiger partial charge is 0.237 e. The van der Waals surface area contributed by atoms with Crippen LogP contribution in [0.5, 0.6) is 11.5 Å². The van der Waals surface area contributed by atoms with E-state index < -0.39 is 0 Å². The average molecular weight is 366 g/mol. The number of nitrogens with zero attached hydrogens (tertiary/aromatic N) is 1. The quantitative estimate of drug-likeness (QED) is 0.694. The first-order valence-corrected chi connectivity index (χ1v) is 9.22. The fourth-order valence-corrected chi connectivity index (χ4v) is 3.76. The Labute approximate surface area is 155 Å². The maximum absolute atomic E-state index is 12.5. The number of thioether (sulfide) groups is 1. The summed E-state index contributed by atoms with van der Waals surface area (Å²) in [7, 11) is 0. The van der Waals surface area contributed by atoms with Crippen LogP contribution in [0, 0.1) is 6.92 Å². The van der Waals surface area contributed by atoms with Gasteiger partial charge in [0.1, 0.15) is 0 Å². The van der Waals surface area contributed by atoms with Crippen LogP contribution >= 0.6 is 11.8 Å². The van der Waals surface area contributed by atoms with Gasteiger partial charge < -0.3 is 14.8 Å². The summed E-state index contributed by atoms with van der Waals surface area (Å²) in [6.45, 7) is 4.15. The van der Waals surface area contributed by atoms with E-state index in [4.69, 9.17) is 9.47 Å². The van der Waals surface area contributed by atoms with E-state index in [9.17, 15) is 4.79 Å². The van der Waals surface area contributed by atoms with E-state index in [1.54, 1.807) is 18.2 Å². The first kappa shape index (κ1) is 16.7. The fraction of sp³-hybridized carbons (Fsp3) is 0.200. The SMILES string of the molecule is Cc1cc(S[C@@H](C)C(=O)Nc2ccc3c(c2)OCO3)nc2ccccc12. The lowest BCUT2D eigenvalue weighted by atomic mass is 10.1. The Balaban J connectivity index is 1.47. The second-order valence-electron chi connectivity index (χ2n) is 6.11. The number of aromatic nitrogens is 1. The molecule has 2 aromatic carbocycles. The van der Waals surface area contributed by atoms with Gasteiger partial charge in [0.05, 0.1) is 15.8 Å². The molecule has 0 saturated carbocycles. The Morgan fingerprint density at radius 2 is 1.96 bits per heavy atom. The number of fused-ring (bicyclic) bond motifs is 2. The molecule has 0 bridgehead atoms. The lowest BCUT2D eigenvalue weighted by molar-refractivity contribution is -0.115. The summed E-state index contributed by atoms with van der Waals surface area (Å²) in [6.07, 6.45) is 0. The molecule has 5 nitrogen and oxygen atoms in total. The summed E-state index contributed by atoms with van der Waals surface area (Å²) in [6, 6.07) is 15.4. The van der Waals surface area contributed by atoms with Crippen LogP contribution < -0.4 is 14.8 Å². The van der Waals surface area contributed by atoms with E-state index in [1.807, 2.05) is 31.2 Å². The molecule has 0 aliphatic carbocycles. The van der Waals surface area contributed by atoms with Crippen LogP contribution in [-0.4, -0.2) is 22.9 Å². The molecular weight excluding hydrogens is 348 g/mol. The zero-order chi connectivity index (χ0) is 18.1. The molecule has 1 aliphatic rings. The van der Waals surface area contributed by atoms with Crippen molar-refractivity contribution in [3.63, 3.8) is 0 Å². The summed E-state index contributed by atoms with van der Waals surface area (Å²) in [5.74, 6) is 1.26. The average Bonchev–Trinajstić information content (AvgIpc) is 3.09. The van der Waals surface area contributed by atoms with Gasteiger partial charge in [0.15, 0.2) is 11.5 Å². The van der Waals surface area contributed by atoms with E-state index in [1.165, 1.54) is 11.8 Å². The number of ether oxygens (including phenoxy) is 2. The van der Waals surface area contributed by atoms with Crippen molar-refractivity contribution in [2.75, 3.05) is 12.1 Å². The lowest BCUT2D eigenvalue weighted by Gasteiger charge is -2.13. The minimum absolute atomic E-state index is 0.0820. The van der Waals surface area contributed by atoms with Gasteiger partial charge in [-0.15, -0.1) is 0 Å². The third kappa shape index (κ3) is 3.32. The fourth-order valence-electron chi connectivity index (χ4n) is 2.83. The Morgan fingerprint density at radius 1 is 1.15 bits per heavy atom. The van der Waals surface area contributed by atoms with Gasteiger partial charge in [0.2, 0.25) is 12.7 Å². The number of benzene rings is 2. The predicted octanol–water partition coefficient (Wildman–Crippen LogP) is 4.39. The number of nitrogens with one attached hydrogen (secondary N) is 1. The number of aryl methyl sites for hydroxylation is 1. The molecule has 0 spiro atoms. The van der Waals surface area contributed by atoms with Gasteiger partial charge >= 0.3 is 0 Å². The standard InChI is InChI=1S/C20H18N2O3S/c1-12-9-19(22-16-6-4-3-5-15(12)16)26-13(2)20(23)21-14-7-8-17-18(10-14)25-11-24-17/h3-10,13H,11H2,1-2H3,(H,21,23)/t13-/m0/s1. The summed E-state index contributed by atoms with van der Waals surface area (Å²) < 4.78 is 10.6. The molecule has 3 aromatic rings. The highest BCUT2D eigenvalue weighted by Crippen LogP contribution is 2.34. The summed E-state index contributed by atoms with van der Waals surface area (Å²) >= 11 is 1.45. The highest BCUT2D eigenvalue weighted by Gasteiger charge is 2.18. The minimum Gasteiger partial charge on any atom is -0.454 e. The molecular formula is C20H18N2O3S. The molecule has 4 rings (SSSR count). The van der Waals surface area contributed by atoms with Crippen molar-refractivity contribution in [2.45, 2.75) is 24.1 Å². The number of anilines is 1. The van der Waals surface area contributed by atoms with E-state index in [0.29, 0.717) is 17.2 Å². The molecule has 132 valence electrons. The molecule has 2 heterocycles. The molecule has 6 heteroatoms. The van der Waals surface area contributed by atoms with E-state index >= 15 is 0 Å². The number of carbonyl (C=O) groups excluding carboxylic acids is 1. The Kier molecular flexibility index (Phi) is 4.42. The lowest BCUT2D eigenvalue weighted by Crippen LogP contribution is -2.22. The van der Waals surface area contributed by atoms with Crippen LogP contribution in [0.1, 0.15) is 12.5 Å². The van der Waals surface area contributed by atoms with Crippen LogP contribution in [0.25, 0.3) is 10.9 Å². The molecule has 1 aliphatic heterocycles. The van der Waals surface area contributed by atoms with E-state index in [-0.39, 0.29) is 18.0 Å². The monoisotopic (exact) mass is 366 g/mol. The number of para-hydroxylation sites is 1. The van der Waals surface area contributed by atoms with Gasteiger partial charge in [0, 0.05) is 17.1 Å². The molecule has 26 heavy (non-hydrogen) atoms. The summed E-state index contributed by atoms with van der Waals surface area (Å²) in [5.41, 5.74) is 2.79. The van der Waals surface area contributed by atoms with Crippen LogP contribution in [0.4, 0.5) is 5.69 Å². The van der Waals surface area contributed by atoms with Gasteiger partial charge in [-0.2, -0.15) is 0 Å². The highest BCUT2D eigenvalue weighted by molar-refractivity contribution is 8.00. The molecule has 1 aromatic heterocycles. The molecule has 1 atom stereocenters. The zero-order valence-corrected chi connectivity index (χ0v) is 15.3. The van der Waals surface area contributed by atoms with Crippen molar-refractivity contribution in [3.8, 4) is 11.5 Å². The molecule has 0 fully saturated rings. The van der Waals surface area contributed by atoms with Crippen molar-refractivity contribution in [1.82, 2.24) is 4.98 Å². The van der Waals surface area contributed by atoms with Crippen LogP contribution in [0.15, 0.2) is 53.6 Å². The van der Waals surface area contributed by atoms with Crippen molar-refractivity contribution in [1.29, 1.82) is 0 Å². The maximum atomic E-state index is 12.5. The second kappa shape index (κ2) is 6.88. The molecule has 0 radical (unpaired) electrons. The van der Waals surface area contributed by atoms with Crippen molar-refractivity contribution in [3.05, 3.63) is 54.1 Å². The predicted molar refractivity (Wildman–Crippen MR) is 103 cm³/mol. The first-order valence-electron chi connectivity index (χ1n) is 8.34. The zero-order valence-electron chi connectivity index (χ0n) is 14.5. The maximum Gasteiger partial charge on any atom is 0.237 e. The van der Waals surface area contributed by atoms with Gasteiger partial charge in [-0.1, -0.05) is 30.0 Å². The van der Waals surface area contributed by atoms with Crippen LogP contribution in [0.3, 0.4) is 0 Å². The largest absolute Gasteiger partial charge is 0.454 e. The van der Waals surface area contributed by atoms with Crippen LogP contribution in [-0.2, 0) is 4.79 Å². The van der Waals surface area contributed by atoms with Crippen molar-refractivity contribution >= 4 is 34.3 Å². The Hall–Kier alpha value is -2.73. The normalized spacial score (nSPS) is 13.6. The number of amides is 1. The van der Waals surface area contributed by atoms with Crippen LogP contribution in [0.2, 0.25) is 0 Å². The van der Waals surface area contributed by atoms with Gasteiger partial charge in [-0.3, -0.25) is 4.79 Å². The highest BCUT2D eigenvalue weighted by atomic mass is 32.2. The number of carbonyl (C=O) groups is 1. The molecule has 1 amide bonds. The number of hydrogen-bond donors (Lipinski definition) is 1. The van der Waals surface area contributed by atoms with Crippen molar-refractivity contribution in [2.24, 2.45) is 0 Å². The number of rotatable bonds is 4. The summed E-state index contributed by atoms with van der Waals surface area (Å²) in [5, 5.41) is 4.61. The second-order valence-corrected chi connectivity index (χ2v) is 7.47. The third-order valence-corrected chi connectivity index (χ3v) is 5.22. The number of pyridine rings is 1. The van der Waals surface area contributed by atoms with Crippen molar-refractivity contribution < 1.29 is 14.3 Å². The molecule has 1 N–H and O–H groups in total. The molecule has 0 unspecified atom stereocenters. The number of hydrogen-bond acceptors (Lipinski definition) is 5. The Morgan fingerprint density at radius 3 is 2.85 bits per heavy atom. The van der Waals surface area contributed by atoms with E-state index in [0.717, 1.165) is 21.5 Å². The van der Waals surface area contributed by atoms with Gasteiger partial charge in [-0.25, -0.2) is 4.98 Å². The molecule has 0 saturated heterocycles. The van der Waals surface area contributed by atoms with Gasteiger partial charge in [0.25, 0.3) is 0 Å². The van der Waals surface area contributed by atoms with E-state index in [2.05, 4.69) is 23.3 Å². The third-order valence-electron chi connectivity index (χ3n) is 4.21. The minimum atomic E-state index is -0.284. The van der Waals surface area contributed by atoms with Gasteiger partial charge in [-0.05, 0) is 43.7 Å².